The Morgan fingerprint density at radius 1 is 1.21 bits per heavy atom. The molecular formula is C26H30ClFN2O3S. The normalized spacial score (nSPS) is 14.3. The van der Waals surface area contributed by atoms with Gasteiger partial charge in [-0.25, -0.2) is 9.37 Å². The van der Waals surface area contributed by atoms with Gasteiger partial charge in [-0.15, -0.1) is 11.3 Å². The molecular weight excluding hydrogens is 475 g/mol. The molecule has 34 heavy (non-hydrogen) atoms. The lowest BCUT2D eigenvalue weighted by Gasteiger charge is -2.19. The van der Waals surface area contributed by atoms with Gasteiger partial charge in [0.15, 0.2) is 5.13 Å². The van der Waals surface area contributed by atoms with Gasteiger partial charge in [0.2, 0.25) is 0 Å². The first-order chi connectivity index (χ1) is 16.4. The number of rotatable bonds is 11. The molecule has 2 aromatic carbocycles. The van der Waals surface area contributed by atoms with E-state index in [1.54, 1.807) is 37.7 Å². The van der Waals surface area contributed by atoms with Crippen LogP contribution < -0.4 is 10.1 Å². The topological polar surface area (TPSA) is 52.6 Å². The third-order valence-corrected chi connectivity index (χ3v) is 7.25. The first-order valence-electron chi connectivity index (χ1n) is 11.3. The first kappa shape index (κ1) is 24.9. The highest BCUT2D eigenvalue weighted by Crippen LogP contribution is 2.42. The summed E-state index contributed by atoms with van der Waals surface area (Å²) in [6.45, 7) is 4.34. The molecule has 1 heterocycles. The number of thiazole rings is 1. The number of hydrogen-bond donors (Lipinski definition) is 1. The van der Waals surface area contributed by atoms with Crippen molar-refractivity contribution in [2.24, 2.45) is 5.92 Å². The summed E-state index contributed by atoms with van der Waals surface area (Å²) in [5, 5.41) is 4.98. The summed E-state index contributed by atoms with van der Waals surface area (Å²) in [4.78, 5) is 5.94. The van der Waals surface area contributed by atoms with E-state index in [1.807, 2.05) is 32.0 Å². The SMILES string of the molecule is COCOCc1ccc(C(CC2CC2)Nc2nc(-c3cc(C)c(OC)cc3Cl)c(C)s2)cc1F. The van der Waals surface area contributed by atoms with Crippen LogP contribution in [-0.2, 0) is 16.1 Å². The van der Waals surface area contributed by atoms with Crippen molar-refractivity contribution in [3.05, 3.63) is 62.7 Å². The van der Waals surface area contributed by atoms with E-state index in [0.717, 1.165) is 44.6 Å². The highest BCUT2D eigenvalue weighted by atomic mass is 35.5. The Kier molecular flexibility index (Phi) is 8.09. The lowest BCUT2D eigenvalue weighted by Crippen LogP contribution is -2.12. The standard InChI is InChI=1S/C26H30ClFN2O3S/c1-15-9-20(21(27)12-24(15)32-4)25-16(2)34-26(30-25)29-23(10-17-5-6-17)18-7-8-19(22(28)11-18)13-33-14-31-3/h7-9,11-12,17,23H,5-6,10,13-14H2,1-4H3,(H,29,30). The van der Waals surface area contributed by atoms with Gasteiger partial charge in [0, 0.05) is 23.1 Å². The van der Waals surface area contributed by atoms with Gasteiger partial charge in [0.25, 0.3) is 0 Å². The van der Waals surface area contributed by atoms with Crippen molar-refractivity contribution < 1.29 is 18.6 Å². The van der Waals surface area contributed by atoms with Gasteiger partial charge >= 0.3 is 0 Å². The van der Waals surface area contributed by atoms with Crippen LogP contribution in [-0.4, -0.2) is 26.0 Å². The number of aromatic nitrogens is 1. The predicted molar refractivity (Wildman–Crippen MR) is 135 cm³/mol. The molecule has 1 N–H and O–H groups in total. The van der Waals surface area contributed by atoms with E-state index < -0.39 is 0 Å². The van der Waals surface area contributed by atoms with Crippen molar-refractivity contribution in [1.82, 2.24) is 4.98 Å². The Hall–Kier alpha value is -2.19. The molecule has 0 amide bonds. The molecule has 1 aromatic heterocycles. The number of benzene rings is 2. The number of ether oxygens (including phenoxy) is 3. The summed E-state index contributed by atoms with van der Waals surface area (Å²) < 4.78 is 30.3. The number of methoxy groups -OCH3 is 2. The van der Waals surface area contributed by atoms with Crippen LogP contribution in [0.5, 0.6) is 5.75 Å². The zero-order valence-electron chi connectivity index (χ0n) is 19.9. The molecule has 1 saturated carbocycles. The molecule has 0 aliphatic heterocycles. The van der Waals surface area contributed by atoms with Crippen LogP contribution in [0.25, 0.3) is 11.3 Å². The van der Waals surface area contributed by atoms with Gasteiger partial charge < -0.3 is 19.5 Å². The van der Waals surface area contributed by atoms with Crippen molar-refractivity contribution in [1.29, 1.82) is 0 Å². The summed E-state index contributed by atoms with van der Waals surface area (Å²) in [5.41, 5.74) is 4.16. The number of anilines is 1. The maximum absolute atomic E-state index is 14.8. The van der Waals surface area contributed by atoms with Crippen molar-refractivity contribution >= 4 is 28.1 Å². The average molecular weight is 505 g/mol. The number of halogens is 2. The largest absolute Gasteiger partial charge is 0.496 e. The molecule has 0 radical (unpaired) electrons. The zero-order chi connectivity index (χ0) is 24.2. The van der Waals surface area contributed by atoms with E-state index in [0.29, 0.717) is 16.5 Å². The molecule has 4 rings (SSSR count). The molecule has 1 unspecified atom stereocenters. The third-order valence-electron chi connectivity index (χ3n) is 6.04. The van der Waals surface area contributed by atoms with E-state index >= 15 is 0 Å². The maximum Gasteiger partial charge on any atom is 0.183 e. The molecule has 1 aliphatic rings. The van der Waals surface area contributed by atoms with E-state index in [4.69, 9.17) is 30.8 Å². The lowest BCUT2D eigenvalue weighted by molar-refractivity contribution is -0.0398. The molecule has 1 fully saturated rings. The number of hydrogen-bond acceptors (Lipinski definition) is 6. The van der Waals surface area contributed by atoms with Gasteiger partial charge in [-0.2, -0.15) is 0 Å². The summed E-state index contributed by atoms with van der Waals surface area (Å²) in [6, 6.07) is 9.18. The Morgan fingerprint density at radius 3 is 2.68 bits per heavy atom. The third kappa shape index (κ3) is 5.89. The Labute approximate surface area is 209 Å². The minimum atomic E-state index is -0.271. The summed E-state index contributed by atoms with van der Waals surface area (Å²) in [7, 11) is 3.18. The minimum Gasteiger partial charge on any atom is -0.496 e. The van der Waals surface area contributed by atoms with Crippen LogP contribution in [0.2, 0.25) is 5.02 Å². The van der Waals surface area contributed by atoms with Crippen molar-refractivity contribution in [3.8, 4) is 17.0 Å². The van der Waals surface area contributed by atoms with E-state index in [2.05, 4.69) is 5.32 Å². The summed E-state index contributed by atoms with van der Waals surface area (Å²) >= 11 is 8.14. The van der Waals surface area contributed by atoms with Crippen LogP contribution in [0.4, 0.5) is 9.52 Å². The average Bonchev–Trinajstić information content (AvgIpc) is 3.56. The highest BCUT2D eigenvalue weighted by molar-refractivity contribution is 7.16. The quantitative estimate of drug-likeness (QED) is 0.219. The molecule has 0 spiro atoms. The van der Waals surface area contributed by atoms with Crippen LogP contribution in [0.3, 0.4) is 0 Å². The zero-order valence-corrected chi connectivity index (χ0v) is 21.5. The van der Waals surface area contributed by atoms with Crippen molar-refractivity contribution in [3.63, 3.8) is 0 Å². The fourth-order valence-corrected chi connectivity index (χ4v) is 5.14. The molecule has 0 bridgehead atoms. The first-order valence-corrected chi connectivity index (χ1v) is 12.5. The number of nitrogens with one attached hydrogen (secondary N) is 1. The lowest BCUT2D eigenvalue weighted by atomic mass is 9.99. The molecule has 1 aliphatic carbocycles. The smallest absolute Gasteiger partial charge is 0.183 e. The Bertz CT molecular complexity index is 1150. The van der Waals surface area contributed by atoms with Gasteiger partial charge in [0.1, 0.15) is 18.4 Å². The Morgan fingerprint density at radius 2 is 2.00 bits per heavy atom. The molecule has 5 nitrogen and oxygen atoms in total. The van der Waals surface area contributed by atoms with E-state index in [9.17, 15) is 4.39 Å². The monoisotopic (exact) mass is 504 g/mol. The predicted octanol–water partition coefficient (Wildman–Crippen LogP) is 7.30. The second-order valence-electron chi connectivity index (χ2n) is 8.71. The van der Waals surface area contributed by atoms with Gasteiger partial charge in [-0.3, -0.25) is 0 Å². The minimum absolute atomic E-state index is 0.0255. The number of aryl methyl sites for hydroxylation is 2. The second kappa shape index (κ2) is 11.0. The van der Waals surface area contributed by atoms with Crippen molar-refractivity contribution in [2.45, 2.75) is 45.8 Å². The van der Waals surface area contributed by atoms with Gasteiger partial charge in [0.05, 0.1) is 30.5 Å². The summed E-state index contributed by atoms with van der Waals surface area (Å²) in [5.74, 6) is 1.14. The number of nitrogens with zero attached hydrogens (tertiary/aromatic N) is 1. The maximum atomic E-state index is 14.8. The highest BCUT2D eigenvalue weighted by Gasteiger charge is 2.28. The van der Waals surface area contributed by atoms with Crippen LogP contribution in [0.1, 0.15) is 46.9 Å². The Balaban J connectivity index is 1.57. The van der Waals surface area contributed by atoms with Crippen molar-refractivity contribution in [2.75, 3.05) is 26.3 Å². The van der Waals surface area contributed by atoms with Crippen LogP contribution in [0, 0.1) is 25.6 Å². The molecule has 8 heteroatoms. The molecule has 0 saturated heterocycles. The van der Waals surface area contributed by atoms with E-state index in [-0.39, 0.29) is 25.3 Å². The molecule has 3 aromatic rings. The van der Waals surface area contributed by atoms with Gasteiger partial charge in [-0.05, 0) is 55.5 Å². The fraction of sp³-hybridized carbons (Fsp3) is 0.423. The fourth-order valence-electron chi connectivity index (χ4n) is 4.02. The van der Waals surface area contributed by atoms with Crippen LogP contribution >= 0.6 is 22.9 Å². The molecule has 182 valence electrons. The second-order valence-corrected chi connectivity index (χ2v) is 10.3. The molecule has 1 atom stereocenters. The van der Waals surface area contributed by atoms with Gasteiger partial charge in [-0.1, -0.05) is 36.6 Å². The summed E-state index contributed by atoms with van der Waals surface area (Å²) in [6.07, 6.45) is 3.37. The van der Waals surface area contributed by atoms with Crippen LogP contribution in [0.15, 0.2) is 30.3 Å². The van der Waals surface area contributed by atoms with E-state index in [1.165, 1.54) is 12.8 Å².